The van der Waals surface area contributed by atoms with Crippen LogP contribution in [0, 0.1) is 5.92 Å². The monoisotopic (exact) mass is 181 g/mol. The van der Waals surface area contributed by atoms with Crippen molar-refractivity contribution in [2.75, 3.05) is 19.7 Å². The van der Waals surface area contributed by atoms with E-state index in [1.54, 1.807) is 0 Å². The highest BCUT2D eigenvalue weighted by atomic mass is 16.3. The highest BCUT2D eigenvalue weighted by Crippen LogP contribution is 2.17. The molecule has 1 aliphatic rings. The van der Waals surface area contributed by atoms with Crippen LogP contribution in [-0.2, 0) is 0 Å². The van der Waals surface area contributed by atoms with Crippen LogP contribution in [0.25, 0.3) is 0 Å². The smallest absolute Gasteiger partial charge is 0.0606 e. The Morgan fingerprint density at radius 3 is 2.85 bits per heavy atom. The molecule has 0 bridgehead atoms. The third-order valence-corrected chi connectivity index (χ3v) is 2.41. The molecule has 1 atom stereocenters. The minimum Gasteiger partial charge on any atom is -0.395 e. The van der Waals surface area contributed by atoms with Gasteiger partial charge in [-0.3, -0.25) is 0 Å². The lowest BCUT2D eigenvalue weighted by atomic mass is 10.0. The molecule has 1 rings (SSSR count). The van der Waals surface area contributed by atoms with Crippen molar-refractivity contribution in [1.29, 1.82) is 0 Å². The topological polar surface area (TPSA) is 23.5 Å². The van der Waals surface area contributed by atoms with Gasteiger partial charge in [0.2, 0.25) is 0 Å². The van der Waals surface area contributed by atoms with Crippen LogP contribution in [0.1, 0.15) is 20.3 Å². The van der Waals surface area contributed by atoms with Gasteiger partial charge in [0.15, 0.2) is 0 Å². The Hall–Kier alpha value is -0.760. The van der Waals surface area contributed by atoms with E-state index in [0.29, 0.717) is 5.92 Å². The van der Waals surface area contributed by atoms with E-state index in [-0.39, 0.29) is 6.61 Å². The highest BCUT2D eigenvalue weighted by molar-refractivity contribution is 5.22. The van der Waals surface area contributed by atoms with E-state index in [2.05, 4.69) is 37.0 Å². The number of nitrogens with zero attached hydrogens (tertiary/aromatic N) is 1. The number of hydrogen-bond donors (Lipinski definition) is 1. The minimum atomic E-state index is 0.231. The third kappa shape index (κ3) is 2.88. The minimum absolute atomic E-state index is 0.231. The van der Waals surface area contributed by atoms with E-state index >= 15 is 0 Å². The molecule has 1 aliphatic carbocycles. The van der Waals surface area contributed by atoms with Crippen molar-refractivity contribution in [2.24, 2.45) is 5.92 Å². The molecule has 13 heavy (non-hydrogen) atoms. The second-order valence-corrected chi connectivity index (χ2v) is 3.50. The van der Waals surface area contributed by atoms with E-state index in [9.17, 15) is 0 Å². The molecule has 0 fully saturated rings. The second-order valence-electron chi connectivity index (χ2n) is 3.50. The summed E-state index contributed by atoms with van der Waals surface area (Å²) in [4.78, 5) is 2.20. The molecular weight excluding hydrogens is 162 g/mol. The first-order valence-electron chi connectivity index (χ1n) is 5.02. The number of likely N-dealkylation sites (N-methyl/N-ethyl adjacent to an activating group) is 1. The van der Waals surface area contributed by atoms with Crippen LogP contribution >= 0.6 is 0 Å². The summed E-state index contributed by atoms with van der Waals surface area (Å²) >= 11 is 0. The first-order chi connectivity index (χ1) is 6.27. The summed E-state index contributed by atoms with van der Waals surface area (Å²) < 4.78 is 0. The maximum atomic E-state index is 8.86. The summed E-state index contributed by atoms with van der Waals surface area (Å²) in [5.41, 5.74) is 1.26. The maximum absolute atomic E-state index is 8.86. The fourth-order valence-corrected chi connectivity index (χ4v) is 1.54. The summed E-state index contributed by atoms with van der Waals surface area (Å²) in [5.74, 6) is 0.664. The number of aliphatic hydroxyl groups is 1. The molecule has 2 heteroatoms. The summed E-state index contributed by atoms with van der Waals surface area (Å²) in [6, 6.07) is 0. The standard InChI is InChI=1S/C11H19NO/c1-3-12(8-9-13)11-6-4-10(2)5-7-11/h4,6-7,10,13H,3,5,8-9H2,1-2H3. The predicted molar refractivity (Wildman–Crippen MR) is 55.3 cm³/mol. The first kappa shape index (κ1) is 10.3. The maximum Gasteiger partial charge on any atom is 0.0606 e. The van der Waals surface area contributed by atoms with Crippen molar-refractivity contribution in [1.82, 2.24) is 4.90 Å². The van der Waals surface area contributed by atoms with Gasteiger partial charge in [-0.05, 0) is 25.3 Å². The molecule has 0 spiro atoms. The van der Waals surface area contributed by atoms with Gasteiger partial charge in [0.05, 0.1) is 6.61 Å². The van der Waals surface area contributed by atoms with E-state index in [1.807, 2.05) is 0 Å². The van der Waals surface area contributed by atoms with Crippen LogP contribution in [0.2, 0.25) is 0 Å². The average molecular weight is 181 g/mol. The molecule has 0 aromatic rings. The molecule has 2 nitrogen and oxygen atoms in total. The summed E-state index contributed by atoms with van der Waals surface area (Å²) in [5, 5.41) is 8.86. The molecule has 0 saturated heterocycles. The molecule has 0 heterocycles. The lowest BCUT2D eigenvalue weighted by molar-refractivity contribution is 0.233. The molecule has 74 valence electrons. The quantitative estimate of drug-likeness (QED) is 0.714. The van der Waals surface area contributed by atoms with Gasteiger partial charge in [0.1, 0.15) is 0 Å². The Balaban J connectivity index is 2.55. The van der Waals surface area contributed by atoms with Crippen LogP contribution in [-0.4, -0.2) is 29.7 Å². The van der Waals surface area contributed by atoms with Gasteiger partial charge < -0.3 is 10.0 Å². The van der Waals surface area contributed by atoms with Crippen molar-refractivity contribution in [3.05, 3.63) is 23.9 Å². The Labute approximate surface area is 80.6 Å². The number of allylic oxidation sites excluding steroid dienone is 3. The summed E-state index contributed by atoms with van der Waals surface area (Å²) in [6.07, 6.45) is 7.76. The Morgan fingerprint density at radius 2 is 2.38 bits per heavy atom. The summed E-state index contributed by atoms with van der Waals surface area (Å²) in [7, 11) is 0. The third-order valence-electron chi connectivity index (χ3n) is 2.41. The molecule has 0 aromatic heterocycles. The van der Waals surface area contributed by atoms with Gasteiger partial charge in [0, 0.05) is 18.8 Å². The van der Waals surface area contributed by atoms with E-state index in [4.69, 9.17) is 5.11 Å². The van der Waals surface area contributed by atoms with Gasteiger partial charge in [-0.15, -0.1) is 0 Å². The number of aliphatic hydroxyl groups excluding tert-OH is 1. The van der Waals surface area contributed by atoms with Crippen molar-refractivity contribution in [3.63, 3.8) is 0 Å². The fraction of sp³-hybridized carbons (Fsp3) is 0.636. The fourth-order valence-electron chi connectivity index (χ4n) is 1.54. The average Bonchev–Trinajstić information content (AvgIpc) is 2.16. The van der Waals surface area contributed by atoms with E-state index < -0.39 is 0 Å². The van der Waals surface area contributed by atoms with E-state index in [1.165, 1.54) is 5.70 Å². The normalized spacial score (nSPS) is 21.5. The molecule has 0 amide bonds. The van der Waals surface area contributed by atoms with Gasteiger partial charge in [0.25, 0.3) is 0 Å². The SMILES string of the molecule is CCN(CCO)C1=CCC(C)C=C1. The zero-order chi connectivity index (χ0) is 9.68. The largest absolute Gasteiger partial charge is 0.395 e. The Morgan fingerprint density at radius 1 is 1.62 bits per heavy atom. The van der Waals surface area contributed by atoms with Gasteiger partial charge in [-0.25, -0.2) is 0 Å². The van der Waals surface area contributed by atoms with Crippen LogP contribution in [0.5, 0.6) is 0 Å². The van der Waals surface area contributed by atoms with E-state index in [0.717, 1.165) is 19.5 Å². The zero-order valence-electron chi connectivity index (χ0n) is 8.53. The van der Waals surface area contributed by atoms with Gasteiger partial charge >= 0.3 is 0 Å². The van der Waals surface area contributed by atoms with Crippen molar-refractivity contribution < 1.29 is 5.11 Å². The lowest BCUT2D eigenvalue weighted by Gasteiger charge is -2.25. The van der Waals surface area contributed by atoms with Crippen LogP contribution < -0.4 is 0 Å². The molecule has 0 radical (unpaired) electrons. The van der Waals surface area contributed by atoms with Crippen LogP contribution in [0.15, 0.2) is 23.9 Å². The van der Waals surface area contributed by atoms with Crippen LogP contribution in [0.3, 0.4) is 0 Å². The Bertz CT molecular complexity index is 208. The first-order valence-corrected chi connectivity index (χ1v) is 5.02. The lowest BCUT2D eigenvalue weighted by Crippen LogP contribution is -2.26. The predicted octanol–water partition coefficient (Wildman–Crippen LogP) is 1.78. The van der Waals surface area contributed by atoms with Gasteiger partial charge in [-0.1, -0.05) is 19.1 Å². The molecule has 0 aliphatic heterocycles. The zero-order valence-corrected chi connectivity index (χ0v) is 8.53. The number of rotatable bonds is 4. The van der Waals surface area contributed by atoms with Crippen molar-refractivity contribution in [2.45, 2.75) is 20.3 Å². The number of hydrogen-bond acceptors (Lipinski definition) is 2. The summed E-state index contributed by atoms with van der Waals surface area (Å²) in [6.45, 7) is 6.26. The van der Waals surface area contributed by atoms with Gasteiger partial charge in [-0.2, -0.15) is 0 Å². The molecule has 0 saturated carbocycles. The van der Waals surface area contributed by atoms with Crippen molar-refractivity contribution >= 4 is 0 Å². The Kier molecular flexibility index (Phi) is 4.03. The van der Waals surface area contributed by atoms with Crippen LogP contribution in [0.4, 0.5) is 0 Å². The highest BCUT2D eigenvalue weighted by Gasteiger charge is 2.08. The molecule has 1 unspecified atom stereocenters. The van der Waals surface area contributed by atoms with Crippen molar-refractivity contribution in [3.8, 4) is 0 Å². The molecular formula is C11H19NO. The molecule has 1 N–H and O–H groups in total. The molecule has 0 aromatic carbocycles. The second kappa shape index (κ2) is 5.07.